The van der Waals surface area contributed by atoms with Crippen LogP contribution in [-0.2, 0) is 0 Å². The van der Waals surface area contributed by atoms with Crippen molar-refractivity contribution in [1.82, 2.24) is 5.43 Å². The van der Waals surface area contributed by atoms with E-state index >= 15 is 0 Å². The smallest absolute Gasteiger partial charge is 0.269 e. The van der Waals surface area contributed by atoms with Crippen LogP contribution in [0.5, 0.6) is 0 Å². The van der Waals surface area contributed by atoms with Gasteiger partial charge < -0.3 is 0 Å². The molecule has 0 aliphatic heterocycles. The largest absolute Gasteiger partial charge is 0.293 e. The van der Waals surface area contributed by atoms with E-state index < -0.39 is 45.6 Å². The van der Waals surface area contributed by atoms with Crippen LogP contribution in [0.2, 0.25) is 0 Å². The second-order valence-electron chi connectivity index (χ2n) is 4.33. The third kappa shape index (κ3) is 3.09. The number of anilines is 1. The lowest BCUT2D eigenvalue weighted by molar-refractivity contribution is -0.384. The van der Waals surface area contributed by atoms with E-state index in [-0.39, 0.29) is 11.3 Å². The first-order valence-corrected chi connectivity index (χ1v) is 6.06. The first-order chi connectivity index (χ1) is 11.2. The number of nitrogens with zero attached hydrogens (tertiary/aromatic N) is 1. The number of nitro groups is 1. The Hall–Kier alpha value is -3.24. The Morgan fingerprint density at radius 3 is 1.79 bits per heavy atom. The highest BCUT2D eigenvalue weighted by atomic mass is 19.2. The number of hydrogen-bond donors (Lipinski definition) is 2. The summed E-state index contributed by atoms with van der Waals surface area (Å²) < 4.78 is 65.6. The summed E-state index contributed by atoms with van der Waals surface area (Å²) in [5.74, 6) is -12.0. The highest BCUT2D eigenvalue weighted by Crippen LogP contribution is 2.26. The Bertz CT molecular complexity index is 798. The Kier molecular flexibility index (Phi) is 4.62. The standard InChI is InChI=1S/C13H6F5N3O3/c14-7-8(15)10(17)12(11(18)9(7)16)19-20-13(22)5-1-3-6(4-2-5)21(23)24/h1-4,19H,(H,20,22). The predicted octanol–water partition coefficient (Wildman–Crippen LogP) is 3.05. The van der Waals surface area contributed by atoms with Crippen molar-refractivity contribution in [3.8, 4) is 0 Å². The van der Waals surface area contributed by atoms with Crippen LogP contribution in [0.4, 0.5) is 33.3 Å². The molecule has 0 saturated heterocycles. The molecule has 0 radical (unpaired) electrons. The number of halogens is 5. The van der Waals surface area contributed by atoms with Crippen LogP contribution in [0.15, 0.2) is 24.3 Å². The summed E-state index contributed by atoms with van der Waals surface area (Å²) in [6, 6.07) is 4.06. The zero-order chi connectivity index (χ0) is 18.0. The Morgan fingerprint density at radius 2 is 1.33 bits per heavy atom. The van der Waals surface area contributed by atoms with Crippen LogP contribution >= 0.6 is 0 Å². The number of carbonyl (C=O) groups is 1. The molecule has 0 saturated carbocycles. The SMILES string of the molecule is O=C(NNc1c(F)c(F)c(F)c(F)c1F)c1ccc([N+](=O)[O-])cc1. The van der Waals surface area contributed by atoms with E-state index in [0.29, 0.717) is 0 Å². The van der Waals surface area contributed by atoms with E-state index in [1.807, 2.05) is 0 Å². The summed E-state index contributed by atoms with van der Waals surface area (Å²) in [6.45, 7) is 0. The molecule has 0 fully saturated rings. The molecule has 126 valence electrons. The lowest BCUT2D eigenvalue weighted by atomic mass is 10.2. The van der Waals surface area contributed by atoms with Crippen LogP contribution in [0.3, 0.4) is 0 Å². The average molecular weight is 347 g/mol. The van der Waals surface area contributed by atoms with Gasteiger partial charge in [-0.15, -0.1) is 0 Å². The summed E-state index contributed by atoms with van der Waals surface area (Å²) in [5, 5.41) is 10.5. The number of amides is 1. The summed E-state index contributed by atoms with van der Waals surface area (Å²) in [6.07, 6.45) is 0. The van der Waals surface area contributed by atoms with Crippen LogP contribution in [0.1, 0.15) is 10.4 Å². The van der Waals surface area contributed by atoms with Gasteiger partial charge in [0.2, 0.25) is 5.82 Å². The van der Waals surface area contributed by atoms with Crippen molar-refractivity contribution in [2.24, 2.45) is 0 Å². The molecule has 2 N–H and O–H groups in total. The molecule has 0 aliphatic carbocycles. The van der Waals surface area contributed by atoms with E-state index in [1.165, 1.54) is 0 Å². The number of hydrazine groups is 1. The Morgan fingerprint density at radius 1 is 0.875 bits per heavy atom. The molecule has 0 aliphatic rings. The molecule has 1 amide bonds. The van der Waals surface area contributed by atoms with Crippen LogP contribution < -0.4 is 10.9 Å². The number of non-ortho nitro benzene ring substituents is 1. The van der Waals surface area contributed by atoms with Crippen molar-refractivity contribution in [2.45, 2.75) is 0 Å². The highest BCUT2D eigenvalue weighted by molar-refractivity contribution is 5.95. The summed E-state index contributed by atoms with van der Waals surface area (Å²) in [4.78, 5) is 21.5. The molecule has 0 aromatic heterocycles. The Labute approximate surface area is 130 Å². The molecule has 0 heterocycles. The number of hydrogen-bond acceptors (Lipinski definition) is 4. The lowest BCUT2D eigenvalue weighted by Gasteiger charge is -2.11. The molecule has 0 atom stereocenters. The molecule has 2 aromatic carbocycles. The van der Waals surface area contributed by atoms with Gasteiger partial charge in [0.25, 0.3) is 11.6 Å². The van der Waals surface area contributed by atoms with Crippen molar-refractivity contribution < 1.29 is 31.7 Å². The van der Waals surface area contributed by atoms with Gasteiger partial charge in [0, 0.05) is 17.7 Å². The fourth-order valence-electron chi connectivity index (χ4n) is 1.64. The fourth-order valence-corrected chi connectivity index (χ4v) is 1.64. The second kappa shape index (κ2) is 6.48. The third-order valence-corrected chi connectivity index (χ3v) is 2.85. The monoisotopic (exact) mass is 347 g/mol. The van der Waals surface area contributed by atoms with E-state index in [0.717, 1.165) is 24.3 Å². The van der Waals surface area contributed by atoms with Gasteiger partial charge in [-0.1, -0.05) is 0 Å². The van der Waals surface area contributed by atoms with Crippen LogP contribution in [0.25, 0.3) is 0 Å². The van der Waals surface area contributed by atoms with Gasteiger partial charge in [0.15, 0.2) is 23.3 Å². The maximum atomic E-state index is 13.4. The fraction of sp³-hybridized carbons (Fsp3) is 0. The normalized spacial score (nSPS) is 10.4. The van der Waals surface area contributed by atoms with Crippen molar-refractivity contribution in [1.29, 1.82) is 0 Å². The predicted molar refractivity (Wildman–Crippen MR) is 70.4 cm³/mol. The van der Waals surface area contributed by atoms with E-state index in [4.69, 9.17) is 0 Å². The number of nitrogens with one attached hydrogen (secondary N) is 2. The second-order valence-corrected chi connectivity index (χ2v) is 4.33. The zero-order valence-corrected chi connectivity index (χ0v) is 11.4. The molecule has 0 bridgehead atoms. The van der Waals surface area contributed by atoms with Crippen molar-refractivity contribution in [3.63, 3.8) is 0 Å². The summed E-state index contributed by atoms with van der Waals surface area (Å²) >= 11 is 0. The van der Waals surface area contributed by atoms with Crippen LogP contribution in [-0.4, -0.2) is 10.8 Å². The maximum absolute atomic E-state index is 13.4. The number of benzene rings is 2. The number of nitro benzene ring substituents is 1. The molecule has 0 unspecified atom stereocenters. The summed E-state index contributed by atoms with van der Waals surface area (Å²) in [5.41, 5.74) is 1.42. The quantitative estimate of drug-likeness (QED) is 0.293. The molecule has 0 spiro atoms. The maximum Gasteiger partial charge on any atom is 0.269 e. The van der Waals surface area contributed by atoms with Gasteiger partial charge in [0.1, 0.15) is 5.69 Å². The van der Waals surface area contributed by atoms with Crippen molar-refractivity contribution in [2.75, 3.05) is 5.43 Å². The lowest BCUT2D eigenvalue weighted by Crippen LogP contribution is -2.31. The molecule has 2 rings (SSSR count). The molecular weight excluding hydrogens is 341 g/mol. The molecular formula is C13H6F5N3O3. The van der Waals surface area contributed by atoms with Gasteiger partial charge in [0.05, 0.1) is 4.92 Å². The number of carbonyl (C=O) groups excluding carboxylic acids is 1. The minimum Gasteiger partial charge on any atom is -0.293 e. The number of rotatable bonds is 4. The first kappa shape index (κ1) is 17.1. The van der Waals surface area contributed by atoms with E-state index in [9.17, 15) is 36.9 Å². The topological polar surface area (TPSA) is 84.3 Å². The first-order valence-electron chi connectivity index (χ1n) is 6.06. The van der Waals surface area contributed by atoms with Gasteiger partial charge in [-0.25, -0.2) is 22.0 Å². The van der Waals surface area contributed by atoms with Gasteiger partial charge in [-0.2, -0.15) is 0 Å². The van der Waals surface area contributed by atoms with Crippen molar-refractivity contribution in [3.05, 3.63) is 69.0 Å². The highest BCUT2D eigenvalue weighted by Gasteiger charge is 2.26. The zero-order valence-electron chi connectivity index (χ0n) is 11.4. The van der Waals surface area contributed by atoms with E-state index in [1.54, 1.807) is 10.9 Å². The van der Waals surface area contributed by atoms with Gasteiger partial charge in [-0.05, 0) is 12.1 Å². The Balaban J connectivity index is 2.19. The van der Waals surface area contributed by atoms with Gasteiger partial charge >= 0.3 is 0 Å². The molecule has 2 aromatic rings. The van der Waals surface area contributed by atoms with Crippen LogP contribution in [0, 0.1) is 39.2 Å². The van der Waals surface area contributed by atoms with Gasteiger partial charge in [-0.3, -0.25) is 25.8 Å². The average Bonchev–Trinajstić information content (AvgIpc) is 2.58. The van der Waals surface area contributed by atoms with E-state index in [2.05, 4.69) is 0 Å². The molecule has 11 heteroatoms. The summed E-state index contributed by atoms with van der Waals surface area (Å²) in [7, 11) is 0. The molecule has 6 nitrogen and oxygen atoms in total. The van der Waals surface area contributed by atoms with Crippen molar-refractivity contribution >= 4 is 17.3 Å². The third-order valence-electron chi connectivity index (χ3n) is 2.85. The minimum atomic E-state index is -2.34. The minimum absolute atomic E-state index is 0.156. The molecule has 24 heavy (non-hydrogen) atoms.